The van der Waals surface area contributed by atoms with Crippen molar-refractivity contribution >= 4 is 90.4 Å². The van der Waals surface area contributed by atoms with Crippen LogP contribution in [0.15, 0.2) is 64.4 Å². The maximum Gasteiger partial charge on any atom is 0.186 e. The Morgan fingerprint density at radius 1 is 0.765 bits per heavy atom. The van der Waals surface area contributed by atoms with Gasteiger partial charge in [0.25, 0.3) is 0 Å². The molecule has 12 heteroatoms. The van der Waals surface area contributed by atoms with Crippen molar-refractivity contribution in [3.63, 3.8) is 0 Å². The molecule has 0 spiro atoms. The lowest BCUT2D eigenvalue weighted by Crippen LogP contribution is -2.33. The Labute approximate surface area is 230 Å². The largest absolute Gasteiger partial charge is 0.237 e. The first kappa shape index (κ1) is 26.5. The highest BCUT2D eigenvalue weighted by molar-refractivity contribution is 7.92. The van der Waals surface area contributed by atoms with Gasteiger partial charge in [-0.05, 0) is 36.2 Å². The molecule has 3 aromatic rings. The van der Waals surface area contributed by atoms with Crippen molar-refractivity contribution in [1.82, 2.24) is 4.31 Å². The molecular formula is C22H15Cl6NO3S2. The molecule has 1 unspecified atom stereocenters. The lowest BCUT2D eigenvalue weighted by atomic mass is 10.1. The molecule has 0 aliphatic carbocycles. The maximum atomic E-state index is 14.0. The minimum absolute atomic E-state index is 0.131. The molecule has 180 valence electrons. The molecule has 0 saturated carbocycles. The fourth-order valence-corrected chi connectivity index (χ4v) is 9.50. The lowest BCUT2D eigenvalue weighted by molar-refractivity contribution is 0.425. The molecule has 0 bridgehead atoms. The Bertz CT molecular complexity index is 1340. The molecule has 3 aromatic carbocycles. The third-order valence-electron chi connectivity index (χ3n) is 5.52. The number of benzene rings is 3. The summed E-state index contributed by atoms with van der Waals surface area (Å²) in [6.45, 7) is 0.239. The molecule has 4 nitrogen and oxygen atoms in total. The van der Waals surface area contributed by atoms with E-state index in [-0.39, 0.29) is 43.0 Å². The van der Waals surface area contributed by atoms with Crippen molar-refractivity contribution < 1.29 is 12.6 Å². The highest BCUT2D eigenvalue weighted by Crippen LogP contribution is 2.49. The zero-order chi connectivity index (χ0) is 24.8. The monoisotopic (exact) mass is 615 g/mol. The zero-order valence-corrected chi connectivity index (χ0v) is 23.2. The topological polar surface area (TPSA) is 54.5 Å². The first-order chi connectivity index (χ1) is 16.1. The Kier molecular flexibility index (Phi) is 8.15. The molecule has 1 aliphatic rings. The Balaban J connectivity index is 1.85. The van der Waals surface area contributed by atoms with Gasteiger partial charge >= 0.3 is 0 Å². The van der Waals surface area contributed by atoms with Crippen LogP contribution >= 0.6 is 69.6 Å². The molecule has 1 heterocycles. The molecule has 0 radical (unpaired) electrons. The van der Waals surface area contributed by atoms with Crippen LogP contribution in [0.3, 0.4) is 0 Å². The SMILES string of the molecule is O=S(c1ccc(Cl)cc1)N1CC[C@H](S(=O)(=O)c2c(Cl)c(Cl)c(Cl)c(Cl)c2Cl)[C@H]1c1ccccc1. The van der Waals surface area contributed by atoms with Gasteiger partial charge in [0.15, 0.2) is 9.84 Å². The Hall–Kier alpha value is -0.540. The van der Waals surface area contributed by atoms with E-state index < -0.39 is 32.1 Å². The van der Waals surface area contributed by atoms with Crippen molar-refractivity contribution in [2.75, 3.05) is 6.54 Å². The van der Waals surface area contributed by atoms with Crippen LogP contribution in [0.4, 0.5) is 0 Å². The molecule has 0 N–H and O–H groups in total. The van der Waals surface area contributed by atoms with E-state index in [0.29, 0.717) is 15.5 Å². The van der Waals surface area contributed by atoms with Gasteiger partial charge in [-0.1, -0.05) is 99.9 Å². The van der Waals surface area contributed by atoms with E-state index in [2.05, 4.69) is 0 Å². The summed E-state index contributed by atoms with van der Waals surface area (Å²) in [5.74, 6) is 0. The van der Waals surface area contributed by atoms with Crippen LogP contribution in [0.1, 0.15) is 18.0 Å². The Morgan fingerprint density at radius 2 is 1.29 bits per heavy atom. The van der Waals surface area contributed by atoms with Gasteiger partial charge < -0.3 is 0 Å². The number of hydrogen-bond acceptors (Lipinski definition) is 3. The minimum atomic E-state index is -4.20. The fraction of sp³-hybridized carbons (Fsp3) is 0.182. The van der Waals surface area contributed by atoms with Crippen molar-refractivity contribution in [3.05, 3.63) is 90.3 Å². The van der Waals surface area contributed by atoms with Crippen LogP contribution in [0.2, 0.25) is 30.1 Å². The molecule has 1 fully saturated rings. The molecule has 1 saturated heterocycles. The van der Waals surface area contributed by atoms with Gasteiger partial charge in [0.1, 0.15) is 15.9 Å². The Morgan fingerprint density at radius 3 is 1.85 bits per heavy atom. The first-order valence-corrected chi connectivity index (χ1v) is 14.7. The van der Waals surface area contributed by atoms with E-state index in [0.717, 1.165) is 0 Å². The number of nitrogens with zero attached hydrogens (tertiary/aromatic N) is 1. The van der Waals surface area contributed by atoms with Crippen LogP contribution in [0, 0.1) is 0 Å². The van der Waals surface area contributed by atoms with E-state index in [9.17, 15) is 12.6 Å². The fourth-order valence-electron chi connectivity index (χ4n) is 3.95. The van der Waals surface area contributed by atoms with Gasteiger partial charge in [0.05, 0.1) is 41.3 Å². The van der Waals surface area contributed by atoms with Gasteiger partial charge in [-0.15, -0.1) is 0 Å². The molecule has 3 atom stereocenters. The average Bonchev–Trinajstić information content (AvgIpc) is 3.28. The van der Waals surface area contributed by atoms with E-state index in [1.165, 1.54) is 0 Å². The van der Waals surface area contributed by atoms with Gasteiger partial charge in [0, 0.05) is 11.6 Å². The maximum absolute atomic E-state index is 14.0. The summed E-state index contributed by atoms with van der Waals surface area (Å²) in [4.78, 5) is 0.109. The zero-order valence-electron chi connectivity index (χ0n) is 17.0. The number of rotatable bonds is 5. The van der Waals surface area contributed by atoms with Gasteiger partial charge in [-0.25, -0.2) is 16.9 Å². The predicted octanol–water partition coefficient (Wildman–Crippen LogP) is 7.92. The van der Waals surface area contributed by atoms with Crippen molar-refractivity contribution in [3.8, 4) is 0 Å². The number of hydrogen-bond donors (Lipinski definition) is 0. The summed E-state index contributed by atoms with van der Waals surface area (Å²) in [6.07, 6.45) is 0.172. The molecule has 0 amide bonds. The second-order valence-electron chi connectivity index (χ2n) is 7.47. The highest BCUT2D eigenvalue weighted by Gasteiger charge is 2.48. The third kappa shape index (κ3) is 4.74. The van der Waals surface area contributed by atoms with Crippen LogP contribution < -0.4 is 0 Å². The van der Waals surface area contributed by atoms with Crippen LogP contribution in [0.25, 0.3) is 0 Å². The average molecular weight is 618 g/mol. The third-order valence-corrected chi connectivity index (χ3v) is 12.1. The van der Waals surface area contributed by atoms with Gasteiger partial charge in [0.2, 0.25) is 0 Å². The van der Waals surface area contributed by atoms with E-state index in [1.54, 1.807) is 52.8 Å². The quantitative estimate of drug-likeness (QED) is 0.216. The summed E-state index contributed by atoms with van der Waals surface area (Å²) >= 11 is 37.0. The molecular weight excluding hydrogens is 603 g/mol. The van der Waals surface area contributed by atoms with E-state index >= 15 is 0 Å². The standard InChI is InChI=1S/C22H15Cl6NO3S2/c23-13-6-8-14(9-7-13)33(30)29-11-10-15(21(29)12-4-2-1-3-5-12)34(31,32)22-19(27)17(25)16(24)18(26)20(22)28/h1-9,15,21H,10-11H2/t15-,21+,33?/m0/s1. The molecule has 0 aromatic heterocycles. The molecule has 4 rings (SSSR count). The first-order valence-electron chi connectivity index (χ1n) is 9.80. The smallest absolute Gasteiger partial charge is 0.186 e. The summed E-state index contributed by atoms with van der Waals surface area (Å²) < 4.78 is 43.1. The predicted molar refractivity (Wildman–Crippen MR) is 141 cm³/mol. The minimum Gasteiger partial charge on any atom is -0.237 e. The van der Waals surface area contributed by atoms with E-state index in [1.807, 2.05) is 6.07 Å². The normalized spacial score (nSPS) is 19.9. The van der Waals surface area contributed by atoms with Crippen LogP contribution in [0.5, 0.6) is 0 Å². The highest BCUT2D eigenvalue weighted by atomic mass is 35.5. The lowest BCUT2D eigenvalue weighted by Gasteiger charge is -2.28. The van der Waals surface area contributed by atoms with Crippen molar-refractivity contribution in [1.29, 1.82) is 0 Å². The summed E-state index contributed by atoms with van der Waals surface area (Å²) in [6, 6.07) is 14.8. The van der Waals surface area contributed by atoms with Gasteiger partial charge in [-0.2, -0.15) is 0 Å². The summed E-state index contributed by atoms with van der Waals surface area (Å²) in [5, 5.41) is -1.67. The summed E-state index contributed by atoms with van der Waals surface area (Å²) in [5.41, 5.74) is 0.675. The second-order valence-corrected chi connectivity index (χ2v) is 13.3. The van der Waals surface area contributed by atoms with Gasteiger partial charge in [-0.3, -0.25) is 0 Å². The van der Waals surface area contributed by atoms with Crippen LogP contribution in [-0.2, 0) is 20.8 Å². The van der Waals surface area contributed by atoms with E-state index in [4.69, 9.17) is 69.6 Å². The molecule has 1 aliphatic heterocycles. The summed E-state index contributed by atoms with van der Waals surface area (Å²) in [7, 11) is -5.86. The van der Waals surface area contributed by atoms with Crippen LogP contribution in [-0.4, -0.2) is 28.7 Å². The second kappa shape index (κ2) is 10.4. The van der Waals surface area contributed by atoms with Crippen molar-refractivity contribution in [2.24, 2.45) is 0 Å². The molecule has 34 heavy (non-hydrogen) atoms. The number of sulfone groups is 1. The van der Waals surface area contributed by atoms with Crippen molar-refractivity contribution in [2.45, 2.75) is 27.5 Å². The number of halogens is 6.